The van der Waals surface area contributed by atoms with Gasteiger partial charge in [-0.25, -0.2) is 4.98 Å². The summed E-state index contributed by atoms with van der Waals surface area (Å²) in [5, 5.41) is 9.18. The van der Waals surface area contributed by atoms with Gasteiger partial charge in [-0.1, -0.05) is 23.9 Å². The number of thioether (sulfide) groups is 1. The zero-order valence-corrected chi connectivity index (χ0v) is 10.8. The normalized spacial score (nSPS) is 12.6. The Morgan fingerprint density at radius 3 is 2.78 bits per heavy atom. The molecule has 0 bridgehead atoms. The Morgan fingerprint density at radius 1 is 1.44 bits per heavy atom. The SMILES string of the molecule is C[C@H](Sc1nc2ccccc2c(=O)n1C)C(=O)O. The van der Waals surface area contributed by atoms with Crippen molar-refractivity contribution in [1.29, 1.82) is 0 Å². The van der Waals surface area contributed by atoms with Gasteiger partial charge < -0.3 is 5.11 Å². The molecule has 18 heavy (non-hydrogen) atoms. The smallest absolute Gasteiger partial charge is 0.316 e. The molecule has 1 aromatic carbocycles. The Labute approximate surface area is 107 Å². The summed E-state index contributed by atoms with van der Waals surface area (Å²) in [5.41, 5.74) is 0.418. The molecule has 0 spiro atoms. The Morgan fingerprint density at radius 2 is 2.11 bits per heavy atom. The van der Waals surface area contributed by atoms with Crippen molar-refractivity contribution in [2.24, 2.45) is 7.05 Å². The van der Waals surface area contributed by atoms with Crippen molar-refractivity contribution in [3.05, 3.63) is 34.6 Å². The zero-order chi connectivity index (χ0) is 13.3. The van der Waals surface area contributed by atoms with E-state index < -0.39 is 11.2 Å². The van der Waals surface area contributed by atoms with E-state index in [9.17, 15) is 9.59 Å². The Balaban J connectivity index is 2.55. The van der Waals surface area contributed by atoms with Gasteiger partial charge in [0.1, 0.15) is 5.25 Å². The van der Waals surface area contributed by atoms with Crippen LogP contribution in [-0.4, -0.2) is 25.9 Å². The van der Waals surface area contributed by atoms with Crippen LogP contribution >= 0.6 is 11.8 Å². The second-order valence-electron chi connectivity index (χ2n) is 3.87. The molecule has 1 atom stereocenters. The van der Waals surface area contributed by atoms with Crippen LogP contribution in [0.5, 0.6) is 0 Å². The number of carboxylic acid groups (broad SMARTS) is 1. The average molecular weight is 264 g/mol. The molecule has 5 nitrogen and oxygen atoms in total. The lowest BCUT2D eigenvalue weighted by Crippen LogP contribution is -2.22. The highest BCUT2D eigenvalue weighted by molar-refractivity contribution is 8.00. The predicted molar refractivity (Wildman–Crippen MR) is 69.9 cm³/mol. The van der Waals surface area contributed by atoms with Gasteiger partial charge in [0, 0.05) is 7.05 Å². The highest BCUT2D eigenvalue weighted by Gasteiger charge is 2.16. The molecule has 1 heterocycles. The molecule has 0 saturated heterocycles. The first-order chi connectivity index (χ1) is 8.50. The number of nitrogens with zero attached hydrogens (tertiary/aromatic N) is 2. The van der Waals surface area contributed by atoms with Crippen LogP contribution < -0.4 is 5.56 Å². The summed E-state index contributed by atoms with van der Waals surface area (Å²) in [4.78, 5) is 27.2. The Hall–Kier alpha value is -1.82. The summed E-state index contributed by atoms with van der Waals surface area (Å²) in [6, 6.07) is 7.02. The summed E-state index contributed by atoms with van der Waals surface area (Å²) in [5.74, 6) is -0.928. The number of carbonyl (C=O) groups is 1. The van der Waals surface area contributed by atoms with Crippen LogP contribution in [0.1, 0.15) is 6.92 Å². The molecule has 2 rings (SSSR count). The third-order valence-electron chi connectivity index (χ3n) is 2.57. The molecule has 6 heteroatoms. The van der Waals surface area contributed by atoms with Gasteiger partial charge in [0.15, 0.2) is 5.16 Å². The second-order valence-corrected chi connectivity index (χ2v) is 5.18. The summed E-state index contributed by atoms with van der Waals surface area (Å²) in [6.45, 7) is 1.56. The predicted octanol–water partition coefficient (Wildman–Crippen LogP) is 1.50. The fourth-order valence-corrected chi connectivity index (χ4v) is 2.32. The van der Waals surface area contributed by atoms with E-state index in [-0.39, 0.29) is 5.56 Å². The molecule has 0 saturated carbocycles. The minimum Gasteiger partial charge on any atom is -0.480 e. The van der Waals surface area contributed by atoms with Gasteiger partial charge >= 0.3 is 5.97 Å². The van der Waals surface area contributed by atoms with Crippen LogP contribution in [0.4, 0.5) is 0 Å². The molecule has 1 N–H and O–H groups in total. The van der Waals surface area contributed by atoms with E-state index in [0.29, 0.717) is 16.1 Å². The molecule has 0 radical (unpaired) electrons. The fraction of sp³-hybridized carbons (Fsp3) is 0.250. The van der Waals surface area contributed by atoms with Crippen LogP contribution in [0.2, 0.25) is 0 Å². The van der Waals surface area contributed by atoms with E-state index in [1.165, 1.54) is 4.57 Å². The number of hydrogen-bond acceptors (Lipinski definition) is 4. The minimum absolute atomic E-state index is 0.166. The highest BCUT2D eigenvalue weighted by atomic mass is 32.2. The highest BCUT2D eigenvalue weighted by Crippen LogP contribution is 2.21. The van der Waals surface area contributed by atoms with Gasteiger partial charge in [0.2, 0.25) is 0 Å². The van der Waals surface area contributed by atoms with E-state index in [4.69, 9.17) is 5.11 Å². The van der Waals surface area contributed by atoms with E-state index in [0.717, 1.165) is 11.8 Å². The summed E-state index contributed by atoms with van der Waals surface area (Å²) < 4.78 is 1.38. The largest absolute Gasteiger partial charge is 0.480 e. The molecular formula is C12H12N2O3S. The minimum atomic E-state index is -0.928. The lowest BCUT2D eigenvalue weighted by molar-refractivity contribution is -0.136. The number of fused-ring (bicyclic) bond motifs is 1. The molecule has 2 aromatic rings. The number of aliphatic carboxylic acids is 1. The van der Waals surface area contributed by atoms with Crippen molar-refractivity contribution in [3.63, 3.8) is 0 Å². The van der Waals surface area contributed by atoms with Crippen molar-refractivity contribution in [3.8, 4) is 0 Å². The van der Waals surface area contributed by atoms with Crippen LogP contribution in [0.3, 0.4) is 0 Å². The van der Waals surface area contributed by atoms with Gasteiger partial charge in [-0.15, -0.1) is 0 Å². The first-order valence-electron chi connectivity index (χ1n) is 5.36. The topological polar surface area (TPSA) is 72.2 Å². The number of aromatic nitrogens is 2. The van der Waals surface area contributed by atoms with Crippen LogP contribution in [0.25, 0.3) is 10.9 Å². The molecule has 0 aliphatic carbocycles. The monoisotopic (exact) mass is 264 g/mol. The molecule has 0 fully saturated rings. The average Bonchev–Trinajstić information content (AvgIpc) is 2.35. The summed E-state index contributed by atoms with van der Waals surface area (Å²) in [6.07, 6.45) is 0. The lowest BCUT2D eigenvalue weighted by atomic mass is 10.2. The number of para-hydroxylation sites is 1. The summed E-state index contributed by atoms with van der Waals surface area (Å²) >= 11 is 1.06. The molecular weight excluding hydrogens is 252 g/mol. The van der Waals surface area contributed by atoms with Crippen molar-refractivity contribution >= 4 is 28.6 Å². The van der Waals surface area contributed by atoms with E-state index in [1.54, 1.807) is 38.2 Å². The van der Waals surface area contributed by atoms with Crippen LogP contribution in [0, 0.1) is 0 Å². The maximum absolute atomic E-state index is 12.1. The van der Waals surface area contributed by atoms with Crippen molar-refractivity contribution in [2.75, 3.05) is 0 Å². The molecule has 0 unspecified atom stereocenters. The van der Waals surface area contributed by atoms with Crippen molar-refractivity contribution in [2.45, 2.75) is 17.3 Å². The standard InChI is InChI=1S/C12H12N2O3S/c1-7(11(16)17)18-12-13-9-6-4-3-5-8(9)10(15)14(12)2/h3-7H,1-2H3,(H,16,17)/t7-/m0/s1. The number of rotatable bonds is 3. The number of benzene rings is 1. The third-order valence-corrected chi connectivity index (χ3v) is 3.70. The van der Waals surface area contributed by atoms with Crippen LogP contribution in [-0.2, 0) is 11.8 Å². The van der Waals surface area contributed by atoms with Gasteiger partial charge in [-0.3, -0.25) is 14.2 Å². The second kappa shape index (κ2) is 4.81. The Bertz CT molecular complexity index is 666. The van der Waals surface area contributed by atoms with Crippen molar-refractivity contribution in [1.82, 2.24) is 9.55 Å². The van der Waals surface area contributed by atoms with Crippen molar-refractivity contribution < 1.29 is 9.90 Å². The van der Waals surface area contributed by atoms with E-state index in [2.05, 4.69) is 4.98 Å². The van der Waals surface area contributed by atoms with E-state index >= 15 is 0 Å². The fourth-order valence-electron chi connectivity index (χ4n) is 1.51. The molecule has 0 amide bonds. The first kappa shape index (κ1) is 12.6. The lowest BCUT2D eigenvalue weighted by Gasteiger charge is -2.10. The quantitative estimate of drug-likeness (QED) is 0.672. The third kappa shape index (κ3) is 2.24. The van der Waals surface area contributed by atoms with Crippen LogP contribution in [0.15, 0.2) is 34.2 Å². The van der Waals surface area contributed by atoms with Gasteiger partial charge in [-0.2, -0.15) is 0 Å². The maximum atomic E-state index is 12.1. The first-order valence-corrected chi connectivity index (χ1v) is 6.24. The van der Waals surface area contributed by atoms with Gasteiger partial charge in [0.05, 0.1) is 10.9 Å². The summed E-state index contributed by atoms with van der Waals surface area (Å²) in [7, 11) is 1.60. The number of hydrogen-bond donors (Lipinski definition) is 1. The maximum Gasteiger partial charge on any atom is 0.316 e. The van der Waals surface area contributed by atoms with Gasteiger partial charge in [-0.05, 0) is 19.1 Å². The molecule has 1 aromatic heterocycles. The molecule has 94 valence electrons. The van der Waals surface area contributed by atoms with Gasteiger partial charge in [0.25, 0.3) is 5.56 Å². The number of carboxylic acids is 1. The zero-order valence-electron chi connectivity index (χ0n) is 9.95. The van der Waals surface area contributed by atoms with E-state index in [1.807, 2.05) is 0 Å². The molecule has 0 aliphatic heterocycles. The Kier molecular flexibility index (Phi) is 3.38. The molecule has 0 aliphatic rings.